The molecule has 2 aliphatic heterocycles. The molecular formula is C27H31N5O. The number of hydrogen-bond acceptors (Lipinski definition) is 5. The van der Waals surface area contributed by atoms with E-state index in [0.717, 1.165) is 48.8 Å². The summed E-state index contributed by atoms with van der Waals surface area (Å²) in [6, 6.07) is 16.2. The van der Waals surface area contributed by atoms with E-state index in [4.69, 9.17) is 0 Å². The van der Waals surface area contributed by atoms with Gasteiger partial charge in [-0.1, -0.05) is 24.3 Å². The third-order valence-corrected chi connectivity index (χ3v) is 6.59. The average molecular weight is 442 g/mol. The lowest BCUT2D eigenvalue weighted by atomic mass is 10.1. The molecule has 2 aliphatic rings. The number of hydrogen-bond donors (Lipinski definition) is 1. The van der Waals surface area contributed by atoms with E-state index >= 15 is 0 Å². The van der Waals surface area contributed by atoms with Gasteiger partial charge in [0.25, 0.3) is 5.91 Å². The van der Waals surface area contributed by atoms with E-state index in [-0.39, 0.29) is 5.91 Å². The maximum absolute atomic E-state index is 12.9. The van der Waals surface area contributed by atoms with Crippen LogP contribution in [0.15, 0.2) is 60.9 Å². The zero-order valence-corrected chi connectivity index (χ0v) is 19.0. The molecule has 0 saturated carbocycles. The smallest absolute Gasteiger partial charge is 0.251 e. The van der Waals surface area contributed by atoms with Crippen molar-refractivity contribution in [3.63, 3.8) is 0 Å². The number of piperidine rings is 1. The fourth-order valence-electron chi connectivity index (χ4n) is 4.76. The Labute approximate surface area is 195 Å². The predicted molar refractivity (Wildman–Crippen MR) is 133 cm³/mol. The second-order valence-corrected chi connectivity index (χ2v) is 8.90. The van der Waals surface area contributed by atoms with Crippen molar-refractivity contribution in [1.29, 1.82) is 0 Å². The molecule has 3 aromatic rings. The quantitative estimate of drug-likeness (QED) is 0.603. The minimum absolute atomic E-state index is 0.0800. The highest BCUT2D eigenvalue weighted by Gasteiger charge is 2.19. The maximum atomic E-state index is 12.9. The molecule has 0 unspecified atom stereocenters. The van der Waals surface area contributed by atoms with E-state index in [1.165, 1.54) is 37.8 Å². The molecule has 6 heteroatoms. The lowest BCUT2D eigenvalue weighted by molar-refractivity contribution is 0.0951. The fourth-order valence-corrected chi connectivity index (χ4v) is 4.76. The van der Waals surface area contributed by atoms with Gasteiger partial charge in [-0.15, -0.1) is 0 Å². The molecule has 2 saturated heterocycles. The fraction of sp³-hybridized carbons (Fsp3) is 0.370. The molecule has 1 amide bonds. The van der Waals surface area contributed by atoms with E-state index in [1.807, 2.05) is 24.3 Å². The minimum atomic E-state index is -0.0800. The van der Waals surface area contributed by atoms with Gasteiger partial charge in [0.05, 0.1) is 0 Å². The van der Waals surface area contributed by atoms with Crippen molar-refractivity contribution in [1.82, 2.24) is 15.3 Å². The number of carbonyl (C=O) groups excluding carboxylic acids is 1. The first-order valence-electron chi connectivity index (χ1n) is 12.1. The highest BCUT2D eigenvalue weighted by Crippen LogP contribution is 2.29. The van der Waals surface area contributed by atoms with Gasteiger partial charge in [0.2, 0.25) is 0 Å². The van der Waals surface area contributed by atoms with E-state index in [0.29, 0.717) is 12.1 Å². The highest BCUT2D eigenvalue weighted by atomic mass is 16.1. The first-order chi connectivity index (χ1) is 16.3. The first-order valence-corrected chi connectivity index (χ1v) is 12.1. The number of anilines is 2. The summed E-state index contributed by atoms with van der Waals surface area (Å²) in [6.07, 6.45) is 9.68. The summed E-state index contributed by atoms with van der Waals surface area (Å²) in [4.78, 5) is 26.8. The van der Waals surface area contributed by atoms with Crippen LogP contribution in [0.4, 0.5) is 11.5 Å². The lowest BCUT2D eigenvalue weighted by Crippen LogP contribution is -2.29. The molecule has 2 fully saturated rings. The van der Waals surface area contributed by atoms with Gasteiger partial charge < -0.3 is 15.1 Å². The Morgan fingerprint density at radius 3 is 2.30 bits per heavy atom. The van der Waals surface area contributed by atoms with Crippen molar-refractivity contribution >= 4 is 17.4 Å². The number of rotatable bonds is 6. The van der Waals surface area contributed by atoms with Crippen molar-refractivity contribution in [3.05, 3.63) is 72.1 Å². The molecule has 3 heterocycles. The van der Waals surface area contributed by atoms with Gasteiger partial charge in [0.1, 0.15) is 5.69 Å². The van der Waals surface area contributed by atoms with Gasteiger partial charge in [-0.3, -0.25) is 9.78 Å². The topological polar surface area (TPSA) is 61.4 Å². The summed E-state index contributed by atoms with van der Waals surface area (Å²) in [7, 11) is 0. The van der Waals surface area contributed by atoms with Crippen LogP contribution in [-0.4, -0.2) is 42.1 Å². The summed E-state index contributed by atoms with van der Waals surface area (Å²) in [6.45, 7) is 4.79. The van der Waals surface area contributed by atoms with E-state index in [9.17, 15) is 4.79 Å². The van der Waals surface area contributed by atoms with Crippen LogP contribution in [0.25, 0.3) is 11.3 Å². The molecule has 170 valence electrons. The largest absolute Gasteiger partial charge is 0.372 e. The molecule has 1 N–H and O–H groups in total. The minimum Gasteiger partial charge on any atom is -0.372 e. The number of carbonyl (C=O) groups is 1. The molecule has 6 nitrogen and oxygen atoms in total. The number of amides is 1. The summed E-state index contributed by atoms with van der Waals surface area (Å²) in [5.41, 5.74) is 4.77. The number of aromatic nitrogens is 2. The van der Waals surface area contributed by atoms with Crippen LogP contribution in [0, 0.1) is 0 Å². The second-order valence-electron chi connectivity index (χ2n) is 8.90. The monoisotopic (exact) mass is 441 g/mol. The Bertz CT molecular complexity index is 1090. The zero-order chi connectivity index (χ0) is 22.5. The van der Waals surface area contributed by atoms with Gasteiger partial charge >= 0.3 is 0 Å². The van der Waals surface area contributed by atoms with Crippen LogP contribution >= 0.6 is 0 Å². The Hall–Kier alpha value is -3.41. The van der Waals surface area contributed by atoms with Crippen molar-refractivity contribution in [2.75, 3.05) is 36.0 Å². The number of benzene rings is 2. The standard InChI is InChI=1S/C27H31N5O/c33-27(30-20-21-9-11-24(12-10-21)31-15-2-1-3-16-31)23-8-6-7-22(19-23)25-26(29-14-13-28-25)32-17-4-5-18-32/h6-14,19H,1-5,15-18,20H2,(H,30,33). The molecule has 0 aliphatic carbocycles. The van der Waals surface area contributed by atoms with Gasteiger partial charge in [0.15, 0.2) is 5.82 Å². The Kier molecular flexibility index (Phi) is 6.51. The molecule has 0 atom stereocenters. The molecule has 2 aromatic carbocycles. The molecule has 0 radical (unpaired) electrons. The molecule has 5 rings (SSSR count). The van der Waals surface area contributed by atoms with Gasteiger partial charge in [-0.05, 0) is 61.9 Å². The van der Waals surface area contributed by atoms with Crippen molar-refractivity contribution in [3.8, 4) is 11.3 Å². The summed E-state index contributed by atoms with van der Waals surface area (Å²) < 4.78 is 0. The van der Waals surface area contributed by atoms with E-state index in [2.05, 4.69) is 49.4 Å². The molecular weight excluding hydrogens is 410 g/mol. The lowest BCUT2D eigenvalue weighted by Gasteiger charge is -2.28. The normalized spacial score (nSPS) is 16.1. The predicted octanol–water partition coefficient (Wildman–Crippen LogP) is 4.66. The second kappa shape index (κ2) is 10.0. The van der Waals surface area contributed by atoms with Crippen molar-refractivity contribution in [2.45, 2.75) is 38.6 Å². The van der Waals surface area contributed by atoms with Crippen molar-refractivity contribution in [2.24, 2.45) is 0 Å². The average Bonchev–Trinajstić information content (AvgIpc) is 3.43. The van der Waals surface area contributed by atoms with E-state index in [1.54, 1.807) is 12.4 Å². The van der Waals surface area contributed by atoms with Crippen LogP contribution in [0.5, 0.6) is 0 Å². The Morgan fingerprint density at radius 2 is 1.52 bits per heavy atom. The Morgan fingerprint density at radius 1 is 0.818 bits per heavy atom. The summed E-state index contributed by atoms with van der Waals surface area (Å²) in [5, 5.41) is 3.06. The van der Waals surface area contributed by atoms with Crippen molar-refractivity contribution < 1.29 is 4.79 Å². The highest BCUT2D eigenvalue weighted by molar-refractivity contribution is 5.95. The number of nitrogens with one attached hydrogen (secondary N) is 1. The number of nitrogens with zero attached hydrogens (tertiary/aromatic N) is 4. The summed E-state index contributed by atoms with van der Waals surface area (Å²) >= 11 is 0. The summed E-state index contributed by atoms with van der Waals surface area (Å²) in [5.74, 6) is 0.824. The maximum Gasteiger partial charge on any atom is 0.251 e. The first kappa shape index (κ1) is 21.4. The molecule has 33 heavy (non-hydrogen) atoms. The molecule has 1 aromatic heterocycles. The van der Waals surface area contributed by atoms with Crippen LogP contribution in [0.1, 0.15) is 48.0 Å². The van der Waals surface area contributed by atoms with Crippen LogP contribution in [0.3, 0.4) is 0 Å². The Balaban J connectivity index is 1.25. The molecule has 0 spiro atoms. The van der Waals surface area contributed by atoms with Gasteiger partial charge in [-0.25, -0.2) is 4.98 Å². The van der Waals surface area contributed by atoms with E-state index < -0.39 is 0 Å². The van der Waals surface area contributed by atoms with Gasteiger partial charge in [0, 0.05) is 61.9 Å². The zero-order valence-electron chi connectivity index (χ0n) is 19.0. The van der Waals surface area contributed by atoms with Crippen LogP contribution in [-0.2, 0) is 6.54 Å². The third kappa shape index (κ3) is 5.00. The van der Waals surface area contributed by atoms with Crippen LogP contribution < -0.4 is 15.1 Å². The van der Waals surface area contributed by atoms with Gasteiger partial charge in [-0.2, -0.15) is 0 Å². The third-order valence-electron chi connectivity index (χ3n) is 6.59. The van der Waals surface area contributed by atoms with Crippen LogP contribution in [0.2, 0.25) is 0 Å². The SMILES string of the molecule is O=C(NCc1ccc(N2CCCCC2)cc1)c1cccc(-c2nccnc2N2CCCC2)c1. The molecule has 0 bridgehead atoms.